The molecule has 2 saturated heterocycles. The number of ether oxygens (including phenoxy) is 3. The van der Waals surface area contributed by atoms with Crippen LogP contribution in [0, 0.1) is 5.92 Å². The number of rotatable bonds is 5. The van der Waals surface area contributed by atoms with Crippen molar-refractivity contribution in [3.63, 3.8) is 0 Å². The lowest BCUT2D eigenvalue weighted by Crippen LogP contribution is -2.49. The van der Waals surface area contributed by atoms with E-state index in [4.69, 9.17) is 14.2 Å². The molecule has 0 bridgehead atoms. The van der Waals surface area contributed by atoms with Crippen LogP contribution < -0.4 is 0 Å². The van der Waals surface area contributed by atoms with Crippen LogP contribution in [0.4, 0.5) is 0 Å². The molecule has 1 spiro atoms. The van der Waals surface area contributed by atoms with E-state index in [0.29, 0.717) is 0 Å². The van der Waals surface area contributed by atoms with Crippen LogP contribution in [0.1, 0.15) is 53.9 Å². The fourth-order valence-electron chi connectivity index (χ4n) is 4.29. The van der Waals surface area contributed by atoms with Crippen LogP contribution in [0.25, 0.3) is 0 Å². The molecule has 0 aromatic carbocycles. The Bertz CT molecular complexity index is 574. The zero-order valence-corrected chi connectivity index (χ0v) is 16.0. The van der Waals surface area contributed by atoms with E-state index in [1.54, 1.807) is 0 Å². The van der Waals surface area contributed by atoms with Crippen molar-refractivity contribution < 1.29 is 14.2 Å². The Balaban J connectivity index is 1.85. The van der Waals surface area contributed by atoms with Gasteiger partial charge in [0.25, 0.3) is 0 Å². The fraction of sp³-hybridized carbons (Fsp3) is 0.714. The highest BCUT2D eigenvalue weighted by Crippen LogP contribution is 2.60. The maximum absolute atomic E-state index is 6.23. The molecule has 3 fully saturated rings. The van der Waals surface area contributed by atoms with Crippen LogP contribution in [-0.4, -0.2) is 37.1 Å². The van der Waals surface area contributed by atoms with Gasteiger partial charge >= 0.3 is 0 Å². The third kappa shape index (κ3) is 3.26. The molecule has 134 valence electrons. The van der Waals surface area contributed by atoms with Crippen molar-refractivity contribution in [3.8, 4) is 0 Å². The SMILES string of the molecule is CO[C@@H]1/C(=C\C=C(C)C)CC[C@]2(CO2)C1[C@@]1(C)O[C@@H]1CC=C(C)C. The Hall–Kier alpha value is -0.900. The van der Waals surface area contributed by atoms with Crippen LogP contribution in [0.15, 0.2) is 34.9 Å². The van der Waals surface area contributed by atoms with Crippen LogP contribution in [0.3, 0.4) is 0 Å². The predicted octanol–water partition coefficient (Wildman–Crippen LogP) is 4.59. The highest BCUT2D eigenvalue weighted by atomic mass is 16.6. The van der Waals surface area contributed by atoms with Crippen LogP contribution >= 0.6 is 0 Å². The van der Waals surface area contributed by atoms with E-state index in [1.807, 2.05) is 7.11 Å². The van der Waals surface area contributed by atoms with E-state index >= 15 is 0 Å². The summed E-state index contributed by atoms with van der Waals surface area (Å²) in [7, 11) is 1.83. The lowest BCUT2D eigenvalue weighted by Gasteiger charge is -2.40. The summed E-state index contributed by atoms with van der Waals surface area (Å²) >= 11 is 0. The number of hydrogen-bond donors (Lipinski definition) is 0. The molecule has 0 aromatic heterocycles. The molecule has 3 heteroatoms. The molecule has 0 aromatic rings. The van der Waals surface area contributed by atoms with Gasteiger partial charge in [0.2, 0.25) is 0 Å². The first kappa shape index (κ1) is 17.9. The van der Waals surface area contributed by atoms with Crippen molar-refractivity contribution in [2.45, 2.75) is 77.3 Å². The quantitative estimate of drug-likeness (QED) is 0.545. The molecule has 2 heterocycles. The number of methoxy groups -OCH3 is 1. The lowest BCUT2D eigenvalue weighted by atomic mass is 9.67. The van der Waals surface area contributed by atoms with E-state index in [2.05, 4.69) is 52.8 Å². The summed E-state index contributed by atoms with van der Waals surface area (Å²) in [6.45, 7) is 11.6. The molecule has 0 amide bonds. The van der Waals surface area contributed by atoms with Crippen molar-refractivity contribution in [3.05, 3.63) is 34.9 Å². The molecule has 3 nitrogen and oxygen atoms in total. The molecule has 3 rings (SSSR count). The van der Waals surface area contributed by atoms with Gasteiger partial charge in [-0.3, -0.25) is 0 Å². The third-order valence-corrected chi connectivity index (χ3v) is 5.81. The van der Waals surface area contributed by atoms with Gasteiger partial charge in [-0.1, -0.05) is 29.4 Å². The molecule has 0 radical (unpaired) electrons. The van der Waals surface area contributed by atoms with Gasteiger partial charge in [-0.15, -0.1) is 0 Å². The second kappa shape index (κ2) is 6.44. The third-order valence-electron chi connectivity index (χ3n) is 5.81. The maximum atomic E-state index is 6.23. The van der Waals surface area contributed by atoms with Gasteiger partial charge in [0.15, 0.2) is 0 Å². The molecule has 24 heavy (non-hydrogen) atoms. The zero-order chi connectivity index (χ0) is 17.5. The largest absolute Gasteiger partial charge is 0.377 e. The van der Waals surface area contributed by atoms with E-state index in [-0.39, 0.29) is 29.3 Å². The monoisotopic (exact) mass is 332 g/mol. The zero-order valence-electron chi connectivity index (χ0n) is 16.0. The number of allylic oxidation sites excluding steroid dienone is 4. The Morgan fingerprint density at radius 1 is 1.25 bits per heavy atom. The average molecular weight is 332 g/mol. The molecular weight excluding hydrogens is 300 g/mol. The first-order chi connectivity index (χ1) is 11.3. The minimum atomic E-state index is -0.145. The molecule has 0 N–H and O–H groups in total. The second-order valence-corrected chi connectivity index (χ2v) is 8.28. The Morgan fingerprint density at radius 3 is 2.50 bits per heavy atom. The van der Waals surface area contributed by atoms with Crippen LogP contribution in [-0.2, 0) is 14.2 Å². The summed E-state index contributed by atoms with van der Waals surface area (Å²) in [5.41, 5.74) is 3.86. The Morgan fingerprint density at radius 2 is 1.96 bits per heavy atom. The molecular formula is C21H32O3. The summed E-state index contributed by atoms with van der Waals surface area (Å²) < 4.78 is 18.2. The van der Waals surface area contributed by atoms with Gasteiger partial charge in [-0.05, 0) is 59.5 Å². The normalized spacial score (nSPS) is 42.1. The minimum absolute atomic E-state index is 0.0303. The smallest absolute Gasteiger partial charge is 0.101 e. The fourth-order valence-corrected chi connectivity index (χ4v) is 4.29. The Labute approximate surface area is 146 Å². The van der Waals surface area contributed by atoms with Crippen LogP contribution in [0.2, 0.25) is 0 Å². The van der Waals surface area contributed by atoms with Crippen molar-refractivity contribution >= 4 is 0 Å². The summed E-state index contributed by atoms with van der Waals surface area (Å²) in [4.78, 5) is 0. The highest BCUT2D eigenvalue weighted by Gasteiger charge is 2.71. The summed E-state index contributed by atoms with van der Waals surface area (Å²) in [6.07, 6.45) is 10.2. The first-order valence-corrected chi connectivity index (χ1v) is 9.14. The summed E-state index contributed by atoms with van der Waals surface area (Å²) in [6, 6.07) is 0. The molecule has 1 unspecified atom stereocenters. The molecule has 5 atom stereocenters. The van der Waals surface area contributed by atoms with Crippen molar-refractivity contribution in [1.82, 2.24) is 0 Å². The number of hydrogen-bond acceptors (Lipinski definition) is 3. The molecule has 3 aliphatic rings. The van der Waals surface area contributed by atoms with Gasteiger partial charge < -0.3 is 14.2 Å². The van der Waals surface area contributed by atoms with E-state index in [1.165, 1.54) is 16.7 Å². The van der Waals surface area contributed by atoms with Gasteiger partial charge in [0.1, 0.15) is 11.2 Å². The second-order valence-electron chi connectivity index (χ2n) is 8.28. The maximum Gasteiger partial charge on any atom is 0.101 e. The van der Waals surface area contributed by atoms with Crippen molar-refractivity contribution in [2.24, 2.45) is 5.92 Å². The topological polar surface area (TPSA) is 34.3 Å². The highest BCUT2D eigenvalue weighted by molar-refractivity contribution is 5.30. The Kier molecular flexibility index (Phi) is 4.80. The summed E-state index contributed by atoms with van der Waals surface area (Å²) in [5.74, 6) is 0.274. The average Bonchev–Trinajstić information content (AvgIpc) is 3.42. The van der Waals surface area contributed by atoms with Crippen molar-refractivity contribution in [2.75, 3.05) is 13.7 Å². The van der Waals surface area contributed by atoms with E-state index in [0.717, 1.165) is 25.9 Å². The predicted molar refractivity (Wildman–Crippen MR) is 97.0 cm³/mol. The summed E-state index contributed by atoms with van der Waals surface area (Å²) in [5, 5.41) is 0. The van der Waals surface area contributed by atoms with Gasteiger partial charge in [-0.25, -0.2) is 0 Å². The number of epoxide rings is 2. The van der Waals surface area contributed by atoms with E-state index < -0.39 is 0 Å². The molecule has 2 aliphatic heterocycles. The van der Waals surface area contributed by atoms with Crippen LogP contribution in [0.5, 0.6) is 0 Å². The van der Waals surface area contributed by atoms with Gasteiger partial charge in [-0.2, -0.15) is 0 Å². The molecule has 1 aliphatic carbocycles. The lowest BCUT2D eigenvalue weighted by molar-refractivity contribution is -0.0201. The first-order valence-electron chi connectivity index (χ1n) is 9.14. The van der Waals surface area contributed by atoms with E-state index in [9.17, 15) is 0 Å². The van der Waals surface area contributed by atoms with Crippen molar-refractivity contribution in [1.29, 1.82) is 0 Å². The standard InChI is InChI=1S/C21H32O3/c1-14(2)7-9-16-11-12-21(13-23-21)19(18(16)22-6)20(5)17(24-20)10-8-15(3)4/h7-9,17-19H,10-13H2,1-6H3/b16-9-/t17-,18-,19?,20+,21+/m1/s1. The molecule has 1 saturated carbocycles. The minimum Gasteiger partial charge on any atom is -0.377 e. The van der Waals surface area contributed by atoms with Gasteiger partial charge in [0, 0.05) is 7.11 Å². The van der Waals surface area contributed by atoms with Gasteiger partial charge in [0.05, 0.1) is 24.7 Å².